The third-order valence-electron chi connectivity index (χ3n) is 2.83. The van der Waals surface area contributed by atoms with Gasteiger partial charge in [0.1, 0.15) is 0 Å². The molecule has 0 amide bonds. The third kappa shape index (κ3) is 11.9. The quantitative estimate of drug-likeness (QED) is 0.155. The molecule has 0 unspecified atom stereocenters. The summed E-state index contributed by atoms with van der Waals surface area (Å²) in [6, 6.07) is 0. The van der Waals surface area contributed by atoms with Gasteiger partial charge in [-0.3, -0.25) is 0 Å². The van der Waals surface area contributed by atoms with Crippen LogP contribution < -0.4 is 0 Å². The molecule has 0 radical (unpaired) electrons. The Balaban J connectivity index is 4.26. The van der Waals surface area contributed by atoms with E-state index in [1.165, 1.54) is 27.7 Å². The summed E-state index contributed by atoms with van der Waals surface area (Å²) in [5.41, 5.74) is -2.07. The second-order valence-corrected chi connectivity index (χ2v) is 15.8. The van der Waals surface area contributed by atoms with Crippen LogP contribution in [0, 0.1) is 0 Å². The van der Waals surface area contributed by atoms with Crippen molar-refractivity contribution in [2.75, 3.05) is 0 Å². The molecule has 26 heavy (non-hydrogen) atoms. The minimum absolute atomic E-state index is 0.0955. The molecule has 0 aromatic rings. The maximum atomic E-state index is 12.0. The van der Waals surface area contributed by atoms with E-state index in [0.717, 1.165) is 0 Å². The monoisotopic (exact) mass is 774 g/mol. The number of carbonyl (C=O) groups is 2. The van der Waals surface area contributed by atoms with E-state index in [9.17, 15) is 35.9 Å². The van der Waals surface area contributed by atoms with Crippen LogP contribution in [0.3, 0.4) is 0 Å². The van der Waals surface area contributed by atoms with Crippen molar-refractivity contribution >= 4 is 11.9 Å². The Morgan fingerprint density at radius 1 is 0.692 bits per heavy atom. The minimum atomic E-state index is -5.04. The normalized spacial score (nSPS) is 12.8. The molecule has 0 aliphatic carbocycles. The van der Waals surface area contributed by atoms with Gasteiger partial charge in [-0.1, -0.05) is 0 Å². The van der Waals surface area contributed by atoms with Crippen LogP contribution in [0.5, 0.6) is 0 Å². The van der Waals surface area contributed by atoms with Gasteiger partial charge in [0, 0.05) is 0 Å². The van der Waals surface area contributed by atoms with Crippen molar-refractivity contribution in [3.05, 3.63) is 0 Å². The van der Waals surface area contributed by atoms with Crippen molar-refractivity contribution in [3.8, 4) is 0 Å². The zero-order valence-electron chi connectivity index (χ0n) is 14.5. The first-order chi connectivity index (χ1) is 11.5. The zero-order valence-corrected chi connectivity index (χ0v) is 25.5. The molecule has 0 saturated carbocycles. The van der Waals surface area contributed by atoms with Crippen LogP contribution in [0.15, 0.2) is 0 Å². The van der Waals surface area contributed by atoms with E-state index in [1.54, 1.807) is 0 Å². The average Bonchev–Trinajstić information content (AvgIpc) is 2.43. The van der Waals surface area contributed by atoms with Gasteiger partial charge in [-0.2, -0.15) is 0 Å². The fraction of sp³-hybridized carbons (Fsp3) is 0.833. The van der Waals surface area contributed by atoms with E-state index >= 15 is 0 Å². The van der Waals surface area contributed by atoms with Crippen LogP contribution in [0.4, 0.5) is 26.3 Å². The number of hydrogen-bond donors (Lipinski definition) is 0. The Bertz CT molecular complexity index is 448. The predicted octanol–water partition coefficient (Wildman–Crippen LogP) is 3.53. The number of hydrogen-bond acceptors (Lipinski definition) is 6. The molecular formula is C12H16F6Hg2O6. The Morgan fingerprint density at radius 2 is 0.962 bits per heavy atom. The molecular weight excluding hydrogens is 755 g/mol. The van der Waals surface area contributed by atoms with E-state index in [2.05, 4.69) is 5.29 Å². The second kappa shape index (κ2) is 10.2. The van der Waals surface area contributed by atoms with Crippen molar-refractivity contribution < 1.29 is 101 Å². The van der Waals surface area contributed by atoms with E-state index in [4.69, 9.17) is 9.78 Å². The summed E-state index contributed by atoms with van der Waals surface area (Å²) in [6.45, 7) is 6.05. The van der Waals surface area contributed by atoms with E-state index in [0.29, 0.717) is 0 Å². The maximum absolute atomic E-state index is 12.0. The van der Waals surface area contributed by atoms with Crippen LogP contribution in [-0.4, -0.2) is 35.5 Å². The summed E-state index contributed by atoms with van der Waals surface area (Å²) in [4.78, 5) is 31.6. The fourth-order valence-electron chi connectivity index (χ4n) is 1.25. The van der Waals surface area contributed by atoms with Crippen LogP contribution in [0.1, 0.15) is 27.7 Å². The SMILES string of the molecule is CC(C)([CH2][Hg][O]C(=O)C(F)(F)F)OOC(C)(C)[CH2][Hg][O]C(=O)C(F)(F)F. The molecule has 0 bridgehead atoms. The Hall–Kier alpha value is 0.310. The first-order valence-corrected chi connectivity index (χ1v) is 19.6. The van der Waals surface area contributed by atoms with Gasteiger partial charge in [0.25, 0.3) is 0 Å². The topological polar surface area (TPSA) is 71.1 Å². The van der Waals surface area contributed by atoms with Crippen molar-refractivity contribution in [2.45, 2.75) is 59.1 Å². The molecule has 6 nitrogen and oxygen atoms in total. The second-order valence-electron chi connectivity index (χ2n) is 6.45. The average molecular weight is 771 g/mol. The van der Waals surface area contributed by atoms with Gasteiger partial charge < -0.3 is 0 Å². The Kier molecular flexibility index (Phi) is 10.3. The first kappa shape index (κ1) is 26.3. The molecule has 0 aliphatic heterocycles. The van der Waals surface area contributed by atoms with Crippen molar-refractivity contribution in [1.29, 1.82) is 0 Å². The van der Waals surface area contributed by atoms with Crippen LogP contribution >= 0.6 is 0 Å². The molecule has 0 fully saturated rings. The van der Waals surface area contributed by atoms with Gasteiger partial charge >= 0.3 is 172 Å². The van der Waals surface area contributed by atoms with Crippen molar-refractivity contribution in [2.24, 2.45) is 0 Å². The van der Waals surface area contributed by atoms with E-state index < -0.39 is 85.6 Å². The Morgan fingerprint density at radius 3 is 1.19 bits per heavy atom. The van der Waals surface area contributed by atoms with Gasteiger partial charge in [-0.05, 0) is 0 Å². The molecule has 0 aromatic heterocycles. The predicted molar refractivity (Wildman–Crippen MR) is 64.2 cm³/mol. The summed E-state index contributed by atoms with van der Waals surface area (Å²) >= 11 is -5.34. The van der Waals surface area contributed by atoms with Crippen LogP contribution in [0.25, 0.3) is 0 Å². The first-order valence-electron chi connectivity index (χ1n) is 7.31. The molecule has 0 N–H and O–H groups in total. The molecule has 0 rings (SSSR count). The molecule has 0 aliphatic rings. The summed E-state index contributed by atoms with van der Waals surface area (Å²) in [5.74, 6) is -4.45. The zero-order chi connectivity index (χ0) is 20.8. The molecule has 0 atom stereocenters. The fourth-order valence-corrected chi connectivity index (χ4v) is 9.23. The van der Waals surface area contributed by atoms with Gasteiger partial charge in [0.15, 0.2) is 0 Å². The van der Waals surface area contributed by atoms with Gasteiger partial charge in [-0.15, -0.1) is 0 Å². The van der Waals surface area contributed by atoms with E-state index in [-0.39, 0.29) is 7.86 Å². The Labute approximate surface area is 171 Å². The molecule has 0 saturated heterocycles. The summed E-state index contributed by atoms with van der Waals surface area (Å²) in [7, 11) is 0. The van der Waals surface area contributed by atoms with Crippen molar-refractivity contribution in [1.82, 2.24) is 0 Å². The molecule has 146 valence electrons. The molecule has 0 aromatic carbocycles. The van der Waals surface area contributed by atoms with Crippen LogP contribution in [-0.2, 0) is 74.7 Å². The van der Waals surface area contributed by atoms with Gasteiger partial charge in [-0.25, -0.2) is 0 Å². The van der Waals surface area contributed by atoms with Crippen LogP contribution in [0.2, 0.25) is 7.86 Å². The molecule has 0 heterocycles. The summed E-state index contributed by atoms with van der Waals surface area (Å²) in [6.07, 6.45) is -10.1. The summed E-state index contributed by atoms with van der Waals surface area (Å²) in [5, 5.41) is 0. The van der Waals surface area contributed by atoms with Gasteiger partial charge in [0.2, 0.25) is 0 Å². The van der Waals surface area contributed by atoms with E-state index in [1.807, 2.05) is 0 Å². The number of carbonyl (C=O) groups excluding carboxylic acids is 2. The molecule has 0 spiro atoms. The number of rotatable bonds is 9. The standard InChI is InChI=1S/C8H16O2.2C2HF3O2.2Hg/c1-7(2,3)9-10-8(4,5)6;2*3-2(4,5)1(6)7;;/h1,4H2,2-3,5-6H3;2*(H,6,7);;/q;;;2*+1/p-2. The number of alkyl halides is 6. The molecule has 14 heteroatoms. The number of halogens is 6. The van der Waals surface area contributed by atoms with Gasteiger partial charge in [0.05, 0.1) is 0 Å². The third-order valence-corrected chi connectivity index (χ3v) is 17.4. The van der Waals surface area contributed by atoms with Crippen molar-refractivity contribution in [3.63, 3.8) is 0 Å². The summed E-state index contributed by atoms with van der Waals surface area (Å²) < 4.78 is 80.9.